The van der Waals surface area contributed by atoms with Gasteiger partial charge >= 0.3 is 0 Å². The van der Waals surface area contributed by atoms with E-state index >= 15 is 0 Å². The molecule has 152 valence electrons. The van der Waals surface area contributed by atoms with Crippen LogP contribution < -0.4 is 9.64 Å². The van der Waals surface area contributed by atoms with E-state index in [2.05, 4.69) is 4.99 Å². The van der Waals surface area contributed by atoms with Crippen LogP contribution in [-0.2, 0) is 14.6 Å². The summed E-state index contributed by atoms with van der Waals surface area (Å²) in [6.45, 7) is -0.259. The Labute approximate surface area is 176 Å². The first-order valence-corrected chi connectivity index (χ1v) is 11.8. The Morgan fingerprint density at radius 3 is 2.72 bits per heavy atom. The van der Waals surface area contributed by atoms with E-state index in [1.807, 2.05) is 6.07 Å². The number of hydrogen-bond acceptors (Lipinski definition) is 5. The molecule has 1 amide bonds. The van der Waals surface area contributed by atoms with E-state index in [-0.39, 0.29) is 28.4 Å². The van der Waals surface area contributed by atoms with Gasteiger partial charge in [0.05, 0.1) is 22.6 Å². The van der Waals surface area contributed by atoms with Crippen molar-refractivity contribution in [3.8, 4) is 5.75 Å². The number of thioether (sulfide) groups is 1. The number of ether oxygens (including phenoxy) is 1. The molecule has 10 heteroatoms. The first kappa shape index (κ1) is 20.2. The number of para-hydroxylation sites is 1. The molecule has 2 atom stereocenters. The molecule has 0 aromatic heterocycles. The molecule has 2 unspecified atom stereocenters. The van der Waals surface area contributed by atoms with Gasteiger partial charge < -0.3 is 9.64 Å². The second-order valence-electron chi connectivity index (χ2n) is 6.66. The van der Waals surface area contributed by atoms with Crippen molar-refractivity contribution >= 4 is 50.0 Å². The zero-order valence-corrected chi connectivity index (χ0v) is 17.4. The van der Waals surface area contributed by atoms with Crippen molar-refractivity contribution in [2.24, 2.45) is 4.99 Å². The molecule has 0 bridgehead atoms. The standard InChI is InChI=1S/C19H16ClFN2O4S2/c20-14-7-6-12(8-15(14)21)23-16-10-29(25,26)11-17(16)28-19(23)22-18(24)9-27-13-4-2-1-3-5-13/h1-8,16-17H,9-11H2. The summed E-state index contributed by atoms with van der Waals surface area (Å²) in [7, 11) is -3.21. The van der Waals surface area contributed by atoms with E-state index < -0.39 is 27.6 Å². The Morgan fingerprint density at radius 1 is 1.24 bits per heavy atom. The zero-order valence-electron chi connectivity index (χ0n) is 15.0. The number of hydrogen-bond donors (Lipinski definition) is 0. The highest BCUT2D eigenvalue weighted by molar-refractivity contribution is 8.16. The van der Waals surface area contributed by atoms with Crippen LogP contribution in [-0.4, -0.2) is 48.9 Å². The summed E-state index contributed by atoms with van der Waals surface area (Å²) in [5.41, 5.74) is 0.402. The number of benzene rings is 2. The number of rotatable bonds is 4. The number of anilines is 1. The van der Waals surface area contributed by atoms with Gasteiger partial charge in [-0.1, -0.05) is 41.6 Å². The minimum Gasteiger partial charge on any atom is -0.484 e. The van der Waals surface area contributed by atoms with Gasteiger partial charge in [0.25, 0.3) is 5.91 Å². The largest absolute Gasteiger partial charge is 0.484 e. The molecule has 0 saturated carbocycles. The van der Waals surface area contributed by atoms with Crippen LogP contribution >= 0.6 is 23.4 Å². The Morgan fingerprint density at radius 2 is 2.00 bits per heavy atom. The van der Waals surface area contributed by atoms with Crippen LogP contribution in [0.3, 0.4) is 0 Å². The van der Waals surface area contributed by atoms with Crippen molar-refractivity contribution in [3.63, 3.8) is 0 Å². The molecule has 2 fully saturated rings. The molecule has 29 heavy (non-hydrogen) atoms. The highest BCUT2D eigenvalue weighted by Crippen LogP contribution is 2.41. The van der Waals surface area contributed by atoms with Crippen molar-refractivity contribution < 1.29 is 22.3 Å². The predicted octanol–water partition coefficient (Wildman–Crippen LogP) is 3.16. The average molecular weight is 455 g/mol. The van der Waals surface area contributed by atoms with Gasteiger partial charge in [-0.05, 0) is 30.3 Å². The van der Waals surface area contributed by atoms with E-state index in [0.717, 1.165) is 0 Å². The molecule has 2 saturated heterocycles. The monoisotopic (exact) mass is 454 g/mol. The van der Waals surface area contributed by atoms with Crippen LogP contribution in [0.2, 0.25) is 5.02 Å². The fourth-order valence-electron chi connectivity index (χ4n) is 3.30. The van der Waals surface area contributed by atoms with Crippen molar-refractivity contribution in [3.05, 3.63) is 59.4 Å². The molecule has 2 aliphatic heterocycles. The maximum Gasteiger partial charge on any atom is 0.285 e. The lowest BCUT2D eigenvalue weighted by Crippen LogP contribution is -2.38. The van der Waals surface area contributed by atoms with Gasteiger partial charge in [0.1, 0.15) is 11.6 Å². The Kier molecular flexibility index (Phi) is 5.54. The molecule has 2 aromatic carbocycles. The van der Waals surface area contributed by atoms with Crippen molar-refractivity contribution in [1.29, 1.82) is 0 Å². The molecule has 0 spiro atoms. The van der Waals surface area contributed by atoms with E-state index in [0.29, 0.717) is 16.6 Å². The van der Waals surface area contributed by atoms with Crippen LogP contribution in [0.25, 0.3) is 0 Å². The third-order valence-corrected chi connectivity index (χ3v) is 8.09. The van der Waals surface area contributed by atoms with Gasteiger partial charge in [0.2, 0.25) is 0 Å². The lowest BCUT2D eigenvalue weighted by Gasteiger charge is -2.24. The topological polar surface area (TPSA) is 76.0 Å². The number of aliphatic imine (C=N–C) groups is 1. The summed E-state index contributed by atoms with van der Waals surface area (Å²) in [6.07, 6.45) is 0. The van der Waals surface area contributed by atoms with Crippen molar-refractivity contribution in [2.75, 3.05) is 23.0 Å². The molecule has 0 radical (unpaired) electrons. The summed E-state index contributed by atoms with van der Waals surface area (Å²) >= 11 is 6.98. The number of carbonyl (C=O) groups excluding carboxylic acids is 1. The first-order chi connectivity index (χ1) is 13.8. The van der Waals surface area contributed by atoms with E-state index in [1.165, 1.54) is 23.9 Å². The lowest BCUT2D eigenvalue weighted by atomic mass is 10.2. The Balaban J connectivity index is 1.59. The summed E-state index contributed by atoms with van der Waals surface area (Å²) in [5.74, 6) is -0.694. The number of carbonyl (C=O) groups is 1. The van der Waals surface area contributed by atoms with Gasteiger partial charge in [-0.15, -0.1) is 0 Å². The Hall–Kier alpha value is -2.10. The molecule has 0 N–H and O–H groups in total. The number of nitrogens with zero attached hydrogens (tertiary/aromatic N) is 2. The zero-order chi connectivity index (χ0) is 20.6. The second-order valence-corrected chi connectivity index (χ2v) is 10.4. The lowest BCUT2D eigenvalue weighted by molar-refractivity contribution is -0.119. The SMILES string of the molecule is O=C(COc1ccccc1)N=C1SC2CS(=O)(=O)CC2N1c1ccc(Cl)c(F)c1. The Bertz CT molecular complexity index is 1080. The van der Waals surface area contributed by atoms with E-state index in [9.17, 15) is 17.6 Å². The number of amides is 1. The maximum atomic E-state index is 14.0. The highest BCUT2D eigenvalue weighted by Gasteiger charge is 2.49. The highest BCUT2D eigenvalue weighted by atomic mass is 35.5. The molecule has 2 heterocycles. The quantitative estimate of drug-likeness (QED) is 0.706. The third kappa shape index (κ3) is 4.41. The molecular formula is C19H16ClFN2O4S2. The summed E-state index contributed by atoms with van der Waals surface area (Å²) in [5, 5.41) is 0.0145. The van der Waals surface area contributed by atoms with E-state index in [1.54, 1.807) is 35.2 Å². The van der Waals surface area contributed by atoms with Crippen molar-refractivity contribution in [2.45, 2.75) is 11.3 Å². The fourth-order valence-corrected chi connectivity index (χ4v) is 7.35. The molecule has 2 aliphatic rings. The fraction of sp³-hybridized carbons (Fsp3) is 0.263. The third-order valence-electron chi connectivity index (χ3n) is 4.57. The van der Waals surface area contributed by atoms with Crippen LogP contribution in [0.5, 0.6) is 5.75 Å². The molecular weight excluding hydrogens is 439 g/mol. The number of halogens is 2. The van der Waals surface area contributed by atoms with Crippen LogP contribution in [0.15, 0.2) is 53.5 Å². The van der Waals surface area contributed by atoms with Gasteiger partial charge in [0, 0.05) is 10.9 Å². The van der Waals surface area contributed by atoms with Gasteiger partial charge in [-0.2, -0.15) is 4.99 Å². The first-order valence-electron chi connectivity index (χ1n) is 8.73. The molecule has 4 rings (SSSR count). The average Bonchev–Trinajstić information content (AvgIpc) is 3.14. The van der Waals surface area contributed by atoms with Gasteiger partial charge in [-0.25, -0.2) is 12.8 Å². The molecule has 0 aliphatic carbocycles. The van der Waals surface area contributed by atoms with Crippen LogP contribution in [0, 0.1) is 5.82 Å². The van der Waals surface area contributed by atoms with Crippen LogP contribution in [0.4, 0.5) is 10.1 Å². The minimum atomic E-state index is -3.21. The summed E-state index contributed by atoms with van der Waals surface area (Å²) in [4.78, 5) is 18.1. The van der Waals surface area contributed by atoms with Crippen LogP contribution in [0.1, 0.15) is 0 Å². The second kappa shape index (κ2) is 7.97. The maximum absolute atomic E-state index is 14.0. The van der Waals surface area contributed by atoms with Gasteiger partial charge in [0.15, 0.2) is 21.6 Å². The number of amidine groups is 1. The number of fused-ring (bicyclic) bond motifs is 1. The minimum absolute atomic E-state index is 0.0113. The predicted molar refractivity (Wildman–Crippen MR) is 112 cm³/mol. The van der Waals surface area contributed by atoms with E-state index in [4.69, 9.17) is 16.3 Å². The smallest absolute Gasteiger partial charge is 0.285 e. The van der Waals surface area contributed by atoms with Crippen molar-refractivity contribution in [1.82, 2.24) is 0 Å². The normalized spacial score (nSPS) is 23.9. The number of sulfone groups is 1. The molecule has 6 nitrogen and oxygen atoms in total. The van der Waals surface area contributed by atoms with Gasteiger partial charge in [-0.3, -0.25) is 4.79 Å². The summed E-state index contributed by atoms with van der Waals surface area (Å²) in [6, 6.07) is 12.6. The summed E-state index contributed by atoms with van der Waals surface area (Å²) < 4.78 is 43.6. The molecule has 2 aromatic rings.